The van der Waals surface area contributed by atoms with E-state index in [1.807, 2.05) is 84.9 Å². The number of rotatable bonds is 9. The Morgan fingerprint density at radius 1 is 0.927 bits per heavy atom. The third kappa shape index (κ3) is 9.84. The number of nitrogens with zero attached hydrogens (tertiary/aromatic N) is 2. The van der Waals surface area contributed by atoms with Gasteiger partial charge in [0, 0.05) is 25.2 Å². The Hall–Kier alpha value is -4.57. The molecule has 0 bridgehead atoms. The number of piperidine rings is 1. The minimum absolute atomic E-state index is 0.114. The number of carbonyl (C=O) groups is 2. The Morgan fingerprint density at radius 2 is 1.59 bits per heavy atom. The molecule has 0 atom stereocenters. The minimum atomic E-state index is -0.334. The smallest absolute Gasteiger partial charge is 0.410 e. The van der Waals surface area contributed by atoms with Gasteiger partial charge in [-0.1, -0.05) is 80.4 Å². The van der Waals surface area contributed by atoms with Crippen molar-refractivity contribution in [1.82, 2.24) is 10.2 Å². The van der Waals surface area contributed by atoms with Crippen LogP contribution in [0.25, 0.3) is 0 Å². The van der Waals surface area contributed by atoms with Crippen molar-refractivity contribution in [3.8, 4) is 17.6 Å². The van der Waals surface area contributed by atoms with E-state index in [0.717, 1.165) is 22.4 Å². The normalized spacial score (nSPS) is 13.7. The van der Waals surface area contributed by atoms with Gasteiger partial charge in [0.15, 0.2) is 5.71 Å². The van der Waals surface area contributed by atoms with Crippen LogP contribution < -0.4 is 10.1 Å². The second-order valence-corrected chi connectivity index (χ2v) is 10.4. The lowest BCUT2D eigenvalue weighted by atomic mass is 10.1. The Kier molecular flexibility index (Phi) is 11.0. The number of hydrogen-bond acceptors (Lipinski definition) is 5. The summed E-state index contributed by atoms with van der Waals surface area (Å²) in [7, 11) is 0. The first-order valence-corrected chi connectivity index (χ1v) is 14.1. The Bertz CT molecular complexity index is 1350. The highest BCUT2D eigenvalue weighted by Crippen LogP contribution is 2.16. The number of amides is 2. The fourth-order valence-corrected chi connectivity index (χ4v) is 4.20. The zero-order valence-electron chi connectivity index (χ0n) is 23.7. The van der Waals surface area contributed by atoms with E-state index in [1.54, 1.807) is 4.90 Å². The van der Waals surface area contributed by atoms with Crippen molar-refractivity contribution in [1.29, 1.82) is 0 Å². The van der Waals surface area contributed by atoms with Gasteiger partial charge < -0.3 is 19.7 Å². The molecule has 0 unspecified atom stereocenters. The summed E-state index contributed by atoms with van der Waals surface area (Å²) < 4.78 is 11.2. The van der Waals surface area contributed by atoms with E-state index in [4.69, 9.17) is 14.5 Å². The summed E-state index contributed by atoms with van der Waals surface area (Å²) in [5.74, 6) is 6.98. The molecule has 1 heterocycles. The molecule has 212 valence electrons. The van der Waals surface area contributed by atoms with Gasteiger partial charge in [0.2, 0.25) is 0 Å². The van der Waals surface area contributed by atoms with Crippen LogP contribution in [0.15, 0.2) is 89.9 Å². The number of ether oxygens (including phenoxy) is 2. The molecule has 4 rings (SSSR count). The molecule has 0 saturated carbocycles. The summed E-state index contributed by atoms with van der Waals surface area (Å²) in [5, 5.41) is 2.96. The average molecular weight is 552 g/mol. The largest absolute Gasteiger partial charge is 0.493 e. The monoisotopic (exact) mass is 551 g/mol. The fourth-order valence-electron chi connectivity index (χ4n) is 4.20. The highest BCUT2D eigenvalue weighted by molar-refractivity contribution is 6.45. The molecule has 1 aliphatic rings. The zero-order chi connectivity index (χ0) is 28.9. The van der Waals surface area contributed by atoms with Crippen molar-refractivity contribution in [2.75, 3.05) is 19.7 Å². The zero-order valence-corrected chi connectivity index (χ0v) is 23.7. The van der Waals surface area contributed by atoms with Gasteiger partial charge in [-0.25, -0.2) is 4.79 Å². The van der Waals surface area contributed by atoms with Crippen LogP contribution in [0.1, 0.15) is 43.4 Å². The van der Waals surface area contributed by atoms with Gasteiger partial charge in [-0.2, -0.15) is 0 Å². The predicted octanol–water partition coefficient (Wildman–Crippen LogP) is 5.63. The van der Waals surface area contributed by atoms with Crippen molar-refractivity contribution < 1.29 is 19.1 Å². The maximum Gasteiger partial charge on any atom is 0.410 e. The summed E-state index contributed by atoms with van der Waals surface area (Å²) in [5.41, 5.74) is 2.90. The van der Waals surface area contributed by atoms with Crippen molar-refractivity contribution >= 4 is 17.7 Å². The molecular formula is C34H37N3O4. The van der Waals surface area contributed by atoms with E-state index in [2.05, 4.69) is 31.0 Å². The molecule has 1 saturated heterocycles. The van der Waals surface area contributed by atoms with Crippen LogP contribution in [0.2, 0.25) is 0 Å². The van der Waals surface area contributed by atoms with E-state index in [-0.39, 0.29) is 30.4 Å². The Labute approximate surface area is 242 Å². The lowest BCUT2D eigenvalue weighted by Crippen LogP contribution is -2.40. The highest BCUT2D eigenvalue weighted by Gasteiger charge is 2.24. The van der Waals surface area contributed by atoms with E-state index in [0.29, 0.717) is 45.0 Å². The molecule has 7 nitrogen and oxygen atoms in total. The minimum Gasteiger partial charge on any atom is -0.493 e. The maximum atomic E-state index is 13.2. The second kappa shape index (κ2) is 15.3. The van der Waals surface area contributed by atoms with Crippen LogP contribution in [0.3, 0.4) is 0 Å². The fraction of sp³-hybridized carbons (Fsp3) is 0.324. The molecule has 41 heavy (non-hydrogen) atoms. The lowest BCUT2D eigenvalue weighted by molar-refractivity contribution is -0.114. The first-order chi connectivity index (χ1) is 20.0. The summed E-state index contributed by atoms with van der Waals surface area (Å²) in [6, 6.07) is 26.7. The number of benzene rings is 3. The van der Waals surface area contributed by atoms with Crippen LogP contribution >= 0.6 is 0 Å². The second-order valence-electron chi connectivity index (χ2n) is 10.4. The van der Waals surface area contributed by atoms with Gasteiger partial charge in [0.25, 0.3) is 5.91 Å². The molecule has 3 aromatic rings. The molecule has 0 spiro atoms. The third-order valence-electron chi connectivity index (χ3n) is 6.51. The number of likely N-dealkylation sites (tertiary alicyclic amines) is 1. The molecular weight excluding hydrogens is 514 g/mol. The topological polar surface area (TPSA) is 80.2 Å². The quantitative estimate of drug-likeness (QED) is 0.276. The van der Waals surface area contributed by atoms with Crippen molar-refractivity contribution in [3.05, 3.63) is 102 Å². The van der Waals surface area contributed by atoms with Gasteiger partial charge in [0.1, 0.15) is 12.4 Å². The van der Waals surface area contributed by atoms with E-state index in [1.165, 1.54) is 0 Å². The predicted molar refractivity (Wildman–Crippen MR) is 161 cm³/mol. The molecule has 0 radical (unpaired) electrons. The van der Waals surface area contributed by atoms with Crippen molar-refractivity contribution in [2.45, 2.75) is 45.9 Å². The van der Waals surface area contributed by atoms with Gasteiger partial charge in [-0.15, -0.1) is 0 Å². The van der Waals surface area contributed by atoms with Crippen LogP contribution in [-0.4, -0.2) is 48.4 Å². The number of hydrogen-bond donors (Lipinski definition) is 1. The first-order valence-electron chi connectivity index (χ1n) is 14.1. The number of nitrogens with one attached hydrogen (secondary N) is 1. The van der Waals surface area contributed by atoms with Crippen molar-refractivity contribution in [3.63, 3.8) is 0 Å². The van der Waals surface area contributed by atoms with Gasteiger partial charge >= 0.3 is 6.09 Å². The van der Waals surface area contributed by atoms with Crippen LogP contribution in [-0.2, 0) is 22.7 Å². The summed E-state index contributed by atoms with van der Waals surface area (Å²) in [6.07, 6.45) is 0.920. The van der Waals surface area contributed by atoms with Gasteiger partial charge in [-0.05, 0) is 60.1 Å². The van der Waals surface area contributed by atoms with Crippen LogP contribution in [0, 0.1) is 17.8 Å². The Morgan fingerprint density at radius 3 is 2.24 bits per heavy atom. The molecule has 7 heteroatoms. The highest BCUT2D eigenvalue weighted by atomic mass is 16.6. The van der Waals surface area contributed by atoms with Gasteiger partial charge in [0.05, 0.1) is 12.6 Å². The molecule has 1 fully saturated rings. The summed E-state index contributed by atoms with van der Waals surface area (Å²) in [4.78, 5) is 32.2. The average Bonchev–Trinajstić information content (AvgIpc) is 3.01. The Balaban J connectivity index is 1.36. The lowest BCUT2D eigenvalue weighted by Gasteiger charge is -2.29. The molecule has 3 aromatic carbocycles. The van der Waals surface area contributed by atoms with E-state index >= 15 is 0 Å². The van der Waals surface area contributed by atoms with Crippen LogP contribution in [0.4, 0.5) is 4.79 Å². The molecule has 0 aliphatic carbocycles. The maximum absolute atomic E-state index is 13.2. The summed E-state index contributed by atoms with van der Waals surface area (Å²) >= 11 is 0. The first kappa shape index (κ1) is 29.4. The SMILES string of the molecule is CC(C)COc1ccc(CNC(=O)C(C#Cc2ccccc2)=NC2CCN(C(=O)OCc3ccccc3)CC2)cc1. The molecule has 2 amide bonds. The molecule has 0 aromatic heterocycles. The number of carbonyl (C=O) groups excluding carboxylic acids is 2. The van der Waals surface area contributed by atoms with E-state index < -0.39 is 0 Å². The standard InChI is InChI=1S/C34H37N3O4/c1-26(2)24-40-31-16-13-28(14-17-31)23-35-33(38)32(18-15-27-9-5-3-6-10-27)36-30-19-21-37(22-20-30)34(39)41-25-29-11-7-4-8-12-29/h3-14,16-17,26,30H,19-25H2,1-2H3,(H,35,38). The van der Waals surface area contributed by atoms with Crippen molar-refractivity contribution in [2.24, 2.45) is 10.9 Å². The molecule has 1 aliphatic heterocycles. The van der Waals surface area contributed by atoms with E-state index in [9.17, 15) is 9.59 Å². The van der Waals surface area contributed by atoms with Crippen LogP contribution in [0.5, 0.6) is 5.75 Å². The number of aliphatic imine (C=N–C) groups is 1. The summed E-state index contributed by atoms with van der Waals surface area (Å²) in [6.45, 7) is 6.47. The molecule has 1 N–H and O–H groups in total. The third-order valence-corrected chi connectivity index (χ3v) is 6.51. The van der Waals surface area contributed by atoms with Gasteiger partial charge in [-0.3, -0.25) is 9.79 Å².